The molecule has 0 aromatic carbocycles. The molecule has 0 heterocycles. The molecule has 0 aliphatic heterocycles. The lowest BCUT2D eigenvalue weighted by Gasteiger charge is -2.35. The number of nitrogens with one attached hydrogen (secondary N) is 1. The second kappa shape index (κ2) is 6.52. The third kappa shape index (κ3) is 4.55. The second-order valence-corrected chi connectivity index (χ2v) is 5.71. The minimum Gasteiger partial charge on any atom is -0.311 e. The summed E-state index contributed by atoms with van der Waals surface area (Å²) in [4.78, 5) is 0. The molecule has 4 atom stereocenters. The second-order valence-electron chi connectivity index (χ2n) is 5.71. The van der Waals surface area contributed by atoms with Gasteiger partial charge in [0.25, 0.3) is 0 Å². The van der Waals surface area contributed by atoms with Gasteiger partial charge in [-0.2, -0.15) is 0 Å². The largest absolute Gasteiger partial charge is 0.311 e. The van der Waals surface area contributed by atoms with E-state index in [2.05, 4.69) is 33.0 Å². The third-order valence-electron chi connectivity index (χ3n) is 3.95. The fourth-order valence-electron chi connectivity index (χ4n) is 2.72. The molecule has 0 amide bonds. The van der Waals surface area contributed by atoms with Crippen molar-refractivity contribution in [3.05, 3.63) is 0 Å². The summed E-state index contributed by atoms with van der Waals surface area (Å²) in [6, 6.07) is 1.49. The lowest BCUT2D eigenvalue weighted by Crippen LogP contribution is -2.43. The van der Waals surface area contributed by atoms with E-state index in [0.717, 1.165) is 17.9 Å². The molecular weight excluding hydrogens is 182 g/mol. The molecule has 0 aromatic heterocycles. The highest BCUT2D eigenvalue weighted by Crippen LogP contribution is 2.28. The maximum Gasteiger partial charge on any atom is 0.00977 e. The van der Waals surface area contributed by atoms with E-state index in [1.165, 1.54) is 38.5 Å². The first-order valence-corrected chi connectivity index (χ1v) is 6.89. The molecule has 1 fully saturated rings. The average Bonchev–Trinajstić information content (AvgIpc) is 2.20. The molecule has 0 bridgehead atoms. The first-order valence-electron chi connectivity index (χ1n) is 6.89. The summed E-state index contributed by atoms with van der Waals surface area (Å²) >= 11 is 0. The van der Waals surface area contributed by atoms with Gasteiger partial charge in [-0.1, -0.05) is 40.0 Å². The van der Waals surface area contributed by atoms with E-state index in [9.17, 15) is 0 Å². The van der Waals surface area contributed by atoms with Crippen molar-refractivity contribution in [1.29, 1.82) is 0 Å². The lowest BCUT2D eigenvalue weighted by molar-refractivity contribution is 0.212. The zero-order valence-corrected chi connectivity index (χ0v) is 11.1. The van der Waals surface area contributed by atoms with Crippen LogP contribution in [0.1, 0.15) is 66.2 Å². The zero-order valence-electron chi connectivity index (χ0n) is 11.1. The minimum absolute atomic E-state index is 0.711. The normalized spacial score (nSPS) is 34.0. The van der Waals surface area contributed by atoms with Crippen LogP contribution in [0, 0.1) is 11.8 Å². The molecule has 0 radical (unpaired) electrons. The quantitative estimate of drug-likeness (QED) is 0.725. The van der Waals surface area contributed by atoms with Crippen LogP contribution in [-0.4, -0.2) is 12.1 Å². The van der Waals surface area contributed by atoms with Crippen LogP contribution in [0.5, 0.6) is 0 Å². The Balaban J connectivity index is 2.28. The van der Waals surface area contributed by atoms with Crippen molar-refractivity contribution in [3.63, 3.8) is 0 Å². The molecule has 1 N–H and O–H groups in total. The van der Waals surface area contributed by atoms with Crippen LogP contribution in [0.25, 0.3) is 0 Å². The molecule has 0 spiro atoms. The zero-order chi connectivity index (χ0) is 11.3. The van der Waals surface area contributed by atoms with Gasteiger partial charge in [0.1, 0.15) is 0 Å². The first-order chi connectivity index (χ1) is 7.13. The van der Waals surface area contributed by atoms with Crippen molar-refractivity contribution >= 4 is 0 Å². The van der Waals surface area contributed by atoms with Crippen LogP contribution < -0.4 is 5.32 Å². The van der Waals surface area contributed by atoms with Crippen LogP contribution >= 0.6 is 0 Å². The van der Waals surface area contributed by atoms with Crippen molar-refractivity contribution < 1.29 is 0 Å². The summed E-state index contributed by atoms with van der Waals surface area (Å²) in [5, 5.41) is 3.83. The Kier molecular flexibility index (Phi) is 5.66. The van der Waals surface area contributed by atoms with E-state index in [0.29, 0.717) is 6.04 Å². The van der Waals surface area contributed by atoms with E-state index in [4.69, 9.17) is 0 Å². The molecule has 0 aromatic rings. The molecular formula is C14H29N. The van der Waals surface area contributed by atoms with Gasteiger partial charge in [-0.25, -0.2) is 0 Å². The minimum atomic E-state index is 0.711. The Labute approximate surface area is 96.0 Å². The van der Waals surface area contributed by atoms with Gasteiger partial charge in [-0.3, -0.25) is 0 Å². The SMILES string of the molecule is CCCCC(C)NC1CC(C)CCC1C. The Bertz CT molecular complexity index is 167. The highest BCUT2D eigenvalue weighted by molar-refractivity contribution is 4.83. The average molecular weight is 211 g/mol. The number of rotatable bonds is 5. The molecule has 1 aliphatic rings. The summed E-state index contributed by atoms with van der Waals surface area (Å²) in [6.07, 6.45) is 8.27. The predicted octanol–water partition coefficient (Wildman–Crippen LogP) is 3.98. The van der Waals surface area contributed by atoms with Crippen LogP contribution in [0.15, 0.2) is 0 Å². The van der Waals surface area contributed by atoms with Gasteiger partial charge in [0.05, 0.1) is 0 Å². The van der Waals surface area contributed by atoms with Crippen LogP contribution in [-0.2, 0) is 0 Å². The standard InChI is InChI=1S/C14H29N/c1-5-6-7-13(4)15-14-10-11(2)8-9-12(14)3/h11-15H,5-10H2,1-4H3. The lowest BCUT2D eigenvalue weighted by atomic mass is 9.79. The Morgan fingerprint density at radius 3 is 2.67 bits per heavy atom. The van der Waals surface area contributed by atoms with E-state index in [1.807, 2.05) is 0 Å². The summed E-state index contributed by atoms with van der Waals surface area (Å²) < 4.78 is 0. The van der Waals surface area contributed by atoms with Gasteiger partial charge >= 0.3 is 0 Å². The van der Waals surface area contributed by atoms with Gasteiger partial charge in [-0.15, -0.1) is 0 Å². The van der Waals surface area contributed by atoms with Crippen molar-refractivity contribution in [2.24, 2.45) is 11.8 Å². The van der Waals surface area contributed by atoms with Gasteiger partial charge in [0, 0.05) is 12.1 Å². The Hall–Kier alpha value is -0.0400. The van der Waals surface area contributed by atoms with E-state index >= 15 is 0 Å². The molecule has 0 saturated heterocycles. The van der Waals surface area contributed by atoms with Crippen molar-refractivity contribution in [2.45, 2.75) is 78.3 Å². The Morgan fingerprint density at radius 1 is 1.27 bits per heavy atom. The predicted molar refractivity (Wildman–Crippen MR) is 68.1 cm³/mol. The van der Waals surface area contributed by atoms with Gasteiger partial charge in [-0.05, 0) is 38.0 Å². The van der Waals surface area contributed by atoms with Gasteiger partial charge in [0.15, 0.2) is 0 Å². The summed E-state index contributed by atoms with van der Waals surface area (Å²) in [7, 11) is 0. The number of hydrogen-bond acceptors (Lipinski definition) is 1. The maximum absolute atomic E-state index is 3.83. The van der Waals surface area contributed by atoms with Crippen molar-refractivity contribution in [1.82, 2.24) is 5.32 Å². The highest BCUT2D eigenvalue weighted by atomic mass is 15.0. The summed E-state index contributed by atoms with van der Waals surface area (Å²) in [5.41, 5.74) is 0. The summed E-state index contributed by atoms with van der Waals surface area (Å²) in [6.45, 7) is 9.44. The molecule has 1 heteroatoms. The monoisotopic (exact) mass is 211 g/mol. The van der Waals surface area contributed by atoms with E-state index < -0.39 is 0 Å². The number of hydrogen-bond donors (Lipinski definition) is 1. The van der Waals surface area contributed by atoms with E-state index in [1.54, 1.807) is 0 Å². The molecule has 1 aliphatic carbocycles. The molecule has 1 saturated carbocycles. The molecule has 90 valence electrons. The van der Waals surface area contributed by atoms with Crippen LogP contribution in [0.3, 0.4) is 0 Å². The fourth-order valence-corrected chi connectivity index (χ4v) is 2.72. The number of unbranched alkanes of at least 4 members (excludes halogenated alkanes) is 1. The maximum atomic E-state index is 3.83. The van der Waals surface area contributed by atoms with Gasteiger partial charge in [0.2, 0.25) is 0 Å². The molecule has 1 nitrogen and oxygen atoms in total. The highest BCUT2D eigenvalue weighted by Gasteiger charge is 2.25. The molecule has 4 unspecified atom stereocenters. The van der Waals surface area contributed by atoms with E-state index in [-0.39, 0.29) is 0 Å². The smallest absolute Gasteiger partial charge is 0.00977 e. The van der Waals surface area contributed by atoms with Gasteiger partial charge < -0.3 is 5.32 Å². The topological polar surface area (TPSA) is 12.0 Å². The molecule has 15 heavy (non-hydrogen) atoms. The van der Waals surface area contributed by atoms with Crippen LogP contribution in [0.2, 0.25) is 0 Å². The Morgan fingerprint density at radius 2 is 2.00 bits per heavy atom. The van der Waals surface area contributed by atoms with Crippen molar-refractivity contribution in [2.75, 3.05) is 0 Å². The third-order valence-corrected chi connectivity index (χ3v) is 3.95. The van der Waals surface area contributed by atoms with Crippen molar-refractivity contribution in [3.8, 4) is 0 Å². The molecule has 1 rings (SSSR count). The summed E-state index contributed by atoms with van der Waals surface area (Å²) in [5.74, 6) is 1.81. The fraction of sp³-hybridized carbons (Fsp3) is 1.00. The van der Waals surface area contributed by atoms with Crippen LogP contribution in [0.4, 0.5) is 0 Å². The first kappa shape index (κ1) is 13.0.